The van der Waals surface area contributed by atoms with Gasteiger partial charge in [0.05, 0.1) is 12.6 Å². The summed E-state index contributed by atoms with van der Waals surface area (Å²) in [6.45, 7) is 1.13. The van der Waals surface area contributed by atoms with Gasteiger partial charge in [-0.3, -0.25) is 4.79 Å². The molecule has 0 saturated carbocycles. The van der Waals surface area contributed by atoms with Crippen LogP contribution < -0.4 is 11.0 Å². The second-order valence-corrected chi connectivity index (χ2v) is 4.32. The van der Waals surface area contributed by atoms with Gasteiger partial charge in [0.2, 0.25) is 0 Å². The first-order valence-electron chi connectivity index (χ1n) is 5.82. The van der Waals surface area contributed by atoms with E-state index >= 15 is 0 Å². The minimum absolute atomic E-state index is 0.0243. The van der Waals surface area contributed by atoms with Crippen molar-refractivity contribution in [2.45, 2.75) is 12.5 Å². The third kappa shape index (κ3) is 1.97. The second kappa shape index (κ2) is 4.43. The molecule has 0 radical (unpaired) electrons. The molecule has 9 heteroatoms. The van der Waals surface area contributed by atoms with Crippen molar-refractivity contribution < 1.29 is 9.53 Å². The monoisotopic (exact) mass is 264 g/mol. The molecule has 0 spiro atoms. The van der Waals surface area contributed by atoms with Crippen molar-refractivity contribution in [1.82, 2.24) is 29.7 Å². The Morgan fingerprint density at radius 1 is 1.58 bits per heavy atom. The molecule has 0 aliphatic carbocycles. The fraction of sp³-hybridized carbons (Fsp3) is 0.500. The summed E-state index contributed by atoms with van der Waals surface area (Å²) in [6, 6.07) is -0.0243. The van der Waals surface area contributed by atoms with Gasteiger partial charge >= 0.3 is 5.69 Å². The third-order valence-corrected chi connectivity index (χ3v) is 2.98. The number of nitrogens with zero attached hydrogens (tertiary/aromatic N) is 5. The van der Waals surface area contributed by atoms with E-state index in [0.717, 1.165) is 11.1 Å². The van der Waals surface area contributed by atoms with E-state index in [4.69, 9.17) is 4.74 Å². The fourth-order valence-electron chi connectivity index (χ4n) is 1.94. The van der Waals surface area contributed by atoms with Gasteiger partial charge in [0, 0.05) is 13.7 Å². The molecule has 1 N–H and O–H groups in total. The maximum atomic E-state index is 12.1. The first-order chi connectivity index (χ1) is 9.16. The van der Waals surface area contributed by atoms with Gasteiger partial charge in [0.25, 0.3) is 5.91 Å². The van der Waals surface area contributed by atoms with Crippen molar-refractivity contribution in [1.29, 1.82) is 0 Å². The Balaban J connectivity index is 1.94. The molecule has 1 saturated heterocycles. The Morgan fingerprint density at radius 3 is 3.16 bits per heavy atom. The quantitative estimate of drug-likeness (QED) is 0.696. The summed E-state index contributed by atoms with van der Waals surface area (Å²) in [7, 11) is 1.48. The Bertz CT molecular complexity index is 684. The van der Waals surface area contributed by atoms with E-state index in [1.165, 1.54) is 17.8 Å². The molecule has 3 heterocycles. The largest absolute Gasteiger partial charge is 0.379 e. The van der Waals surface area contributed by atoms with Crippen molar-refractivity contribution >= 4 is 11.6 Å². The summed E-state index contributed by atoms with van der Waals surface area (Å²) in [4.78, 5) is 27.7. The van der Waals surface area contributed by atoms with Crippen LogP contribution in [0.3, 0.4) is 0 Å². The minimum Gasteiger partial charge on any atom is -0.379 e. The Labute approximate surface area is 107 Å². The molecule has 0 aromatic carbocycles. The first-order valence-corrected chi connectivity index (χ1v) is 5.82. The predicted octanol–water partition coefficient (Wildman–Crippen LogP) is -1.66. The molecule has 100 valence electrons. The van der Waals surface area contributed by atoms with Gasteiger partial charge in [-0.15, -0.1) is 5.10 Å². The van der Waals surface area contributed by atoms with Gasteiger partial charge in [-0.25, -0.2) is 14.2 Å². The van der Waals surface area contributed by atoms with Gasteiger partial charge in [0.15, 0.2) is 11.3 Å². The normalized spacial score (nSPS) is 18.9. The molecule has 0 bridgehead atoms. The standard InChI is InChI=1S/C10H12N6O3/c1-15-10(18)16-5-11-7(8(16)13-14-15)9(17)12-6-2-3-19-4-6/h5-6H,2-4H2,1H3,(H,12,17). The van der Waals surface area contributed by atoms with E-state index in [2.05, 4.69) is 20.6 Å². The van der Waals surface area contributed by atoms with E-state index in [1.807, 2.05) is 0 Å². The number of rotatable bonds is 2. The summed E-state index contributed by atoms with van der Waals surface area (Å²) in [5.74, 6) is -0.374. The SMILES string of the molecule is Cn1nnc2c(C(=O)NC3CCOC3)ncn2c1=O. The van der Waals surface area contributed by atoms with Crippen LogP contribution in [0.4, 0.5) is 0 Å². The van der Waals surface area contributed by atoms with Crippen LogP contribution in [-0.2, 0) is 11.8 Å². The summed E-state index contributed by atoms with van der Waals surface area (Å²) < 4.78 is 7.43. The number of hydrogen-bond donors (Lipinski definition) is 1. The summed E-state index contributed by atoms with van der Waals surface area (Å²) in [6.07, 6.45) is 2.04. The molecular formula is C10H12N6O3. The smallest absolute Gasteiger partial charge is 0.352 e. The molecule has 1 atom stereocenters. The van der Waals surface area contributed by atoms with Crippen LogP contribution in [0.5, 0.6) is 0 Å². The molecule has 1 aliphatic rings. The lowest BCUT2D eigenvalue weighted by Crippen LogP contribution is -2.35. The number of aryl methyl sites for hydroxylation is 1. The van der Waals surface area contributed by atoms with Gasteiger partial charge in [-0.05, 0) is 6.42 Å². The maximum absolute atomic E-state index is 12.1. The summed E-state index contributed by atoms with van der Waals surface area (Å²) in [5, 5.41) is 10.3. The van der Waals surface area contributed by atoms with Crippen LogP contribution in [0.25, 0.3) is 5.65 Å². The Morgan fingerprint density at radius 2 is 2.42 bits per heavy atom. The highest BCUT2D eigenvalue weighted by Gasteiger charge is 2.22. The first kappa shape index (κ1) is 11.8. The topological polar surface area (TPSA) is 103 Å². The molecule has 2 aromatic heterocycles. The molecule has 9 nitrogen and oxygen atoms in total. The summed E-state index contributed by atoms with van der Waals surface area (Å²) in [5.41, 5.74) is -0.155. The molecule has 3 rings (SSSR count). The van der Waals surface area contributed by atoms with Crippen LogP contribution in [0.2, 0.25) is 0 Å². The molecule has 1 fully saturated rings. The average molecular weight is 264 g/mol. The maximum Gasteiger partial charge on any atom is 0.352 e. The zero-order valence-electron chi connectivity index (χ0n) is 10.2. The van der Waals surface area contributed by atoms with Crippen LogP contribution in [-0.4, -0.2) is 49.5 Å². The number of hydrogen-bond acceptors (Lipinski definition) is 6. The fourth-order valence-corrected chi connectivity index (χ4v) is 1.94. The van der Waals surface area contributed by atoms with Gasteiger partial charge in [0.1, 0.15) is 6.33 Å². The lowest BCUT2D eigenvalue weighted by atomic mass is 10.2. The van der Waals surface area contributed by atoms with Gasteiger partial charge < -0.3 is 10.1 Å². The molecular weight excluding hydrogens is 252 g/mol. The number of carbonyl (C=O) groups is 1. The van der Waals surface area contributed by atoms with Crippen LogP contribution in [0, 0.1) is 0 Å². The molecule has 1 aliphatic heterocycles. The van der Waals surface area contributed by atoms with Crippen molar-refractivity contribution in [3.8, 4) is 0 Å². The van der Waals surface area contributed by atoms with Crippen LogP contribution >= 0.6 is 0 Å². The third-order valence-electron chi connectivity index (χ3n) is 2.98. The molecule has 1 unspecified atom stereocenters. The van der Waals surface area contributed by atoms with Crippen LogP contribution in [0.1, 0.15) is 16.9 Å². The number of imidazole rings is 1. The number of aromatic nitrogens is 5. The van der Waals surface area contributed by atoms with Crippen LogP contribution in [0.15, 0.2) is 11.1 Å². The van der Waals surface area contributed by atoms with E-state index in [-0.39, 0.29) is 23.3 Å². The Hall–Kier alpha value is -2.29. The average Bonchev–Trinajstić information content (AvgIpc) is 3.02. The van der Waals surface area contributed by atoms with Gasteiger partial charge in [-0.1, -0.05) is 5.21 Å². The highest BCUT2D eigenvalue weighted by molar-refractivity contribution is 5.97. The minimum atomic E-state index is -0.402. The van der Waals surface area contributed by atoms with E-state index in [9.17, 15) is 9.59 Å². The second-order valence-electron chi connectivity index (χ2n) is 4.32. The van der Waals surface area contributed by atoms with Gasteiger partial charge in [-0.2, -0.15) is 4.68 Å². The number of ether oxygens (including phenoxy) is 1. The Kier molecular flexibility index (Phi) is 2.75. The highest BCUT2D eigenvalue weighted by atomic mass is 16.5. The van der Waals surface area contributed by atoms with Crippen molar-refractivity contribution in [3.63, 3.8) is 0 Å². The van der Waals surface area contributed by atoms with E-state index in [1.54, 1.807) is 0 Å². The number of fused-ring (bicyclic) bond motifs is 1. The van der Waals surface area contributed by atoms with E-state index < -0.39 is 5.69 Å². The van der Waals surface area contributed by atoms with Crippen molar-refractivity contribution in [3.05, 3.63) is 22.5 Å². The number of amides is 1. The predicted molar refractivity (Wildman–Crippen MR) is 62.7 cm³/mol. The lowest BCUT2D eigenvalue weighted by molar-refractivity contribution is 0.0927. The molecule has 1 amide bonds. The summed E-state index contributed by atoms with van der Waals surface area (Å²) >= 11 is 0. The van der Waals surface area contributed by atoms with E-state index in [0.29, 0.717) is 13.2 Å². The molecule has 2 aromatic rings. The van der Waals surface area contributed by atoms with Crippen molar-refractivity contribution in [2.24, 2.45) is 7.05 Å². The number of nitrogens with one attached hydrogen (secondary N) is 1. The molecule has 19 heavy (non-hydrogen) atoms. The zero-order chi connectivity index (χ0) is 13.4. The number of carbonyl (C=O) groups excluding carboxylic acids is 1. The highest BCUT2D eigenvalue weighted by Crippen LogP contribution is 2.07. The van der Waals surface area contributed by atoms with Crippen molar-refractivity contribution in [2.75, 3.05) is 13.2 Å². The zero-order valence-corrected chi connectivity index (χ0v) is 10.2. The lowest BCUT2D eigenvalue weighted by Gasteiger charge is -2.08.